The molecule has 1 spiro atoms. The fourth-order valence-electron chi connectivity index (χ4n) is 5.77. The number of amides is 1. The van der Waals surface area contributed by atoms with E-state index in [9.17, 15) is 9.90 Å². The zero-order valence-corrected chi connectivity index (χ0v) is 17.9. The van der Waals surface area contributed by atoms with Crippen LogP contribution in [-0.2, 0) is 17.8 Å². The number of nitrogens with zero attached hydrogens (tertiary/aromatic N) is 3. The number of carbonyl (C=O) groups is 1. The molecule has 3 aliphatic rings. The number of piperidine rings is 1. The lowest BCUT2D eigenvalue weighted by Gasteiger charge is -2.43. The number of fused-ring (bicyclic) bond motifs is 1. The highest BCUT2D eigenvalue weighted by atomic mass is 16.3. The summed E-state index contributed by atoms with van der Waals surface area (Å²) in [5, 5.41) is 12.9. The Kier molecular flexibility index (Phi) is 4.77. The molecule has 3 heterocycles. The number of hydrogen-bond donors (Lipinski definition) is 2. The topological polar surface area (TPSA) is 78.3 Å². The van der Waals surface area contributed by atoms with E-state index in [4.69, 9.17) is 9.97 Å². The molecule has 2 N–H and O–H groups in total. The monoisotopic (exact) mass is 406 g/mol. The molecule has 1 saturated heterocycles. The summed E-state index contributed by atoms with van der Waals surface area (Å²) >= 11 is 0. The van der Waals surface area contributed by atoms with Crippen molar-refractivity contribution in [3.8, 4) is 11.3 Å². The summed E-state index contributed by atoms with van der Waals surface area (Å²) in [6.07, 6.45) is 6.87. The lowest BCUT2D eigenvalue weighted by molar-refractivity contribution is -0.115. The minimum absolute atomic E-state index is 0.0239. The van der Waals surface area contributed by atoms with E-state index in [-0.39, 0.29) is 12.5 Å². The van der Waals surface area contributed by atoms with Gasteiger partial charge in [0.1, 0.15) is 5.69 Å². The SMILES string of the molecule is Cc1nc(N2CCC3(CCC[C@H]3C)CC2)c(CO)nc1-c1ccc2c(c1)CC(=O)N2. The van der Waals surface area contributed by atoms with Gasteiger partial charge in [-0.1, -0.05) is 25.8 Å². The maximum Gasteiger partial charge on any atom is 0.228 e. The van der Waals surface area contributed by atoms with E-state index in [1.165, 1.54) is 32.1 Å². The Labute approximate surface area is 177 Å². The molecule has 0 bridgehead atoms. The third-order valence-corrected chi connectivity index (χ3v) is 7.69. The fraction of sp³-hybridized carbons (Fsp3) is 0.542. The Morgan fingerprint density at radius 3 is 2.73 bits per heavy atom. The van der Waals surface area contributed by atoms with Gasteiger partial charge in [0.15, 0.2) is 5.82 Å². The lowest BCUT2D eigenvalue weighted by atomic mass is 9.71. The minimum atomic E-state index is -0.126. The first-order chi connectivity index (χ1) is 14.5. The average molecular weight is 407 g/mol. The average Bonchev–Trinajstić information content (AvgIpc) is 3.29. The first kappa shape index (κ1) is 19.5. The Bertz CT molecular complexity index is 995. The van der Waals surface area contributed by atoms with Gasteiger partial charge < -0.3 is 15.3 Å². The van der Waals surface area contributed by atoms with Crippen LogP contribution in [0, 0.1) is 18.3 Å². The normalized spacial score (nSPS) is 22.4. The van der Waals surface area contributed by atoms with Gasteiger partial charge in [-0.15, -0.1) is 0 Å². The van der Waals surface area contributed by atoms with Crippen molar-refractivity contribution in [2.45, 2.75) is 59.0 Å². The second kappa shape index (κ2) is 7.34. The first-order valence-corrected chi connectivity index (χ1v) is 11.2. The molecule has 1 amide bonds. The largest absolute Gasteiger partial charge is 0.390 e. The highest BCUT2D eigenvalue weighted by Crippen LogP contribution is 2.50. The van der Waals surface area contributed by atoms with Crippen LogP contribution in [0.1, 0.15) is 56.0 Å². The number of nitrogens with one attached hydrogen (secondary N) is 1. The van der Waals surface area contributed by atoms with Gasteiger partial charge in [0.05, 0.1) is 24.4 Å². The highest BCUT2D eigenvalue weighted by Gasteiger charge is 2.42. The van der Waals surface area contributed by atoms with Crippen LogP contribution in [0.25, 0.3) is 11.3 Å². The van der Waals surface area contributed by atoms with Gasteiger partial charge in [0.25, 0.3) is 0 Å². The van der Waals surface area contributed by atoms with Crippen molar-refractivity contribution in [3.05, 3.63) is 35.2 Å². The highest BCUT2D eigenvalue weighted by molar-refractivity contribution is 5.99. The van der Waals surface area contributed by atoms with Crippen molar-refractivity contribution >= 4 is 17.4 Å². The van der Waals surface area contributed by atoms with Gasteiger partial charge in [-0.3, -0.25) is 4.79 Å². The van der Waals surface area contributed by atoms with Crippen molar-refractivity contribution in [3.63, 3.8) is 0 Å². The standard InChI is InChI=1S/C24H30N4O2/c1-15-4-3-7-24(15)8-10-28(11-9-24)23-20(14-29)27-22(16(2)25-23)17-5-6-19-18(12-17)13-21(30)26-19/h5-6,12,15,29H,3-4,7-11,13-14H2,1-2H3,(H,26,30)/t15-/m1/s1. The zero-order valence-electron chi connectivity index (χ0n) is 17.9. The lowest BCUT2D eigenvalue weighted by Crippen LogP contribution is -2.42. The Hall–Kier alpha value is -2.47. The molecule has 158 valence electrons. The van der Waals surface area contributed by atoms with Crippen molar-refractivity contribution in [1.29, 1.82) is 0 Å². The van der Waals surface area contributed by atoms with E-state index in [0.29, 0.717) is 17.5 Å². The summed E-state index contributed by atoms with van der Waals surface area (Å²) in [6, 6.07) is 5.90. The molecule has 0 radical (unpaired) electrons. The molecule has 1 atom stereocenters. The van der Waals surface area contributed by atoms with Gasteiger partial charge in [-0.25, -0.2) is 9.97 Å². The smallest absolute Gasteiger partial charge is 0.228 e. The van der Waals surface area contributed by atoms with Crippen LogP contribution in [0.5, 0.6) is 0 Å². The molecule has 1 aliphatic carbocycles. The Balaban J connectivity index is 1.43. The molecule has 1 aromatic carbocycles. The molecule has 2 aliphatic heterocycles. The summed E-state index contributed by atoms with van der Waals surface area (Å²) in [6.45, 7) is 6.24. The van der Waals surface area contributed by atoms with Crippen LogP contribution in [-0.4, -0.2) is 34.1 Å². The quantitative estimate of drug-likeness (QED) is 0.810. The summed E-state index contributed by atoms with van der Waals surface area (Å²) in [4.78, 5) is 23.7. The number of hydrogen-bond acceptors (Lipinski definition) is 5. The molecule has 1 saturated carbocycles. The van der Waals surface area contributed by atoms with Crippen molar-refractivity contribution in [2.75, 3.05) is 23.3 Å². The Morgan fingerprint density at radius 1 is 1.23 bits per heavy atom. The third-order valence-electron chi connectivity index (χ3n) is 7.69. The van der Waals surface area contributed by atoms with Gasteiger partial charge in [-0.05, 0) is 55.2 Å². The van der Waals surface area contributed by atoms with Crippen molar-refractivity contribution in [1.82, 2.24) is 9.97 Å². The number of aliphatic hydroxyl groups excluding tert-OH is 1. The van der Waals surface area contributed by atoms with Crippen LogP contribution < -0.4 is 10.2 Å². The number of anilines is 2. The van der Waals surface area contributed by atoms with Gasteiger partial charge in [0, 0.05) is 24.3 Å². The second-order valence-electron chi connectivity index (χ2n) is 9.33. The molecule has 1 aromatic heterocycles. The Morgan fingerprint density at radius 2 is 2.03 bits per heavy atom. The molecule has 30 heavy (non-hydrogen) atoms. The van der Waals surface area contributed by atoms with E-state index >= 15 is 0 Å². The maximum atomic E-state index is 11.7. The molecule has 0 unspecified atom stereocenters. The summed E-state index contributed by atoms with van der Waals surface area (Å²) in [5.74, 6) is 1.67. The van der Waals surface area contributed by atoms with E-state index in [2.05, 4.69) is 17.1 Å². The van der Waals surface area contributed by atoms with Crippen LogP contribution in [0.3, 0.4) is 0 Å². The number of aromatic nitrogens is 2. The van der Waals surface area contributed by atoms with Crippen molar-refractivity contribution in [2.24, 2.45) is 11.3 Å². The number of benzene rings is 1. The van der Waals surface area contributed by atoms with E-state index in [0.717, 1.165) is 53.0 Å². The van der Waals surface area contributed by atoms with E-state index < -0.39 is 0 Å². The molecular formula is C24H30N4O2. The van der Waals surface area contributed by atoms with Crippen LogP contribution in [0.15, 0.2) is 18.2 Å². The maximum absolute atomic E-state index is 11.7. The van der Waals surface area contributed by atoms with Gasteiger partial charge in [0.2, 0.25) is 5.91 Å². The van der Waals surface area contributed by atoms with E-state index in [1.54, 1.807) is 0 Å². The molecule has 6 nitrogen and oxygen atoms in total. The summed E-state index contributed by atoms with van der Waals surface area (Å²) in [5.41, 5.74) is 5.58. The number of aliphatic hydroxyl groups is 1. The molecule has 6 heteroatoms. The molecular weight excluding hydrogens is 376 g/mol. The summed E-state index contributed by atoms with van der Waals surface area (Å²) < 4.78 is 0. The first-order valence-electron chi connectivity index (χ1n) is 11.2. The number of carbonyl (C=O) groups excluding carboxylic acids is 1. The zero-order chi connectivity index (χ0) is 20.9. The summed E-state index contributed by atoms with van der Waals surface area (Å²) in [7, 11) is 0. The minimum Gasteiger partial charge on any atom is -0.390 e. The third kappa shape index (κ3) is 3.18. The van der Waals surface area contributed by atoms with Gasteiger partial charge in [-0.2, -0.15) is 0 Å². The fourth-order valence-corrected chi connectivity index (χ4v) is 5.77. The van der Waals surface area contributed by atoms with Gasteiger partial charge >= 0.3 is 0 Å². The number of aryl methyl sites for hydroxylation is 1. The van der Waals surface area contributed by atoms with Crippen molar-refractivity contribution < 1.29 is 9.90 Å². The molecule has 5 rings (SSSR count). The second-order valence-corrected chi connectivity index (χ2v) is 9.33. The van der Waals surface area contributed by atoms with E-state index in [1.807, 2.05) is 25.1 Å². The predicted octanol–water partition coefficient (Wildman–Crippen LogP) is 3.85. The molecule has 2 aromatic rings. The van der Waals surface area contributed by atoms with Crippen LogP contribution in [0.2, 0.25) is 0 Å². The van der Waals surface area contributed by atoms with Crippen LogP contribution >= 0.6 is 0 Å². The number of rotatable bonds is 3. The molecule has 2 fully saturated rings. The predicted molar refractivity (Wildman–Crippen MR) is 117 cm³/mol. The van der Waals surface area contributed by atoms with Crippen LogP contribution in [0.4, 0.5) is 11.5 Å².